The first-order valence-electron chi connectivity index (χ1n) is 2.63. The maximum atomic E-state index is 13.2. The van der Waals surface area contributed by atoms with E-state index in [0.717, 1.165) is 0 Å². The zero-order chi connectivity index (χ0) is 9.46. The molecule has 66 valence electrons. The van der Waals surface area contributed by atoms with E-state index in [1.807, 2.05) is 0 Å². The van der Waals surface area contributed by atoms with E-state index in [0.29, 0.717) is 17.9 Å². The first-order valence-corrected chi connectivity index (χ1v) is 6.18. The molecule has 0 aromatic heterocycles. The van der Waals surface area contributed by atoms with Crippen molar-refractivity contribution in [1.82, 2.24) is 0 Å². The van der Waals surface area contributed by atoms with Crippen LogP contribution in [0.1, 0.15) is 0 Å². The van der Waals surface area contributed by atoms with Gasteiger partial charge in [0, 0.05) is 4.47 Å². The summed E-state index contributed by atoms with van der Waals surface area (Å²) in [7, 11) is 0. The molecule has 0 saturated heterocycles. The zero-order valence-electron chi connectivity index (χ0n) is 5.27. The predicted molar refractivity (Wildman–Crippen MR) is 62.2 cm³/mol. The molecule has 0 saturated carbocycles. The standard InChI is InChI=1S/C6Br4ClF/c7-1-2(8)4(10)6(12)5(11)3(1)9. The SMILES string of the molecule is Fc1c(Cl)c(Br)c(Br)c(Br)c1Br. The fraction of sp³-hybridized carbons (Fsp3) is 0. The van der Waals surface area contributed by atoms with Crippen molar-refractivity contribution in [3.63, 3.8) is 0 Å². The van der Waals surface area contributed by atoms with Crippen molar-refractivity contribution in [2.45, 2.75) is 0 Å². The van der Waals surface area contributed by atoms with Crippen LogP contribution in [0.15, 0.2) is 17.9 Å². The molecule has 0 fully saturated rings. The molecule has 0 atom stereocenters. The Hall–Kier alpha value is 1.36. The molecule has 0 aliphatic heterocycles. The Kier molecular flexibility index (Phi) is 4.06. The van der Waals surface area contributed by atoms with Gasteiger partial charge in [0.05, 0.1) is 18.4 Å². The van der Waals surface area contributed by atoms with Gasteiger partial charge in [0.2, 0.25) is 0 Å². The van der Waals surface area contributed by atoms with Crippen LogP contribution in [-0.2, 0) is 0 Å². The van der Waals surface area contributed by atoms with Gasteiger partial charge in [0.25, 0.3) is 0 Å². The van der Waals surface area contributed by atoms with E-state index in [-0.39, 0.29) is 5.02 Å². The molecule has 0 aliphatic carbocycles. The topological polar surface area (TPSA) is 0 Å². The fourth-order valence-electron chi connectivity index (χ4n) is 0.578. The molecule has 6 heteroatoms. The highest BCUT2D eigenvalue weighted by Crippen LogP contribution is 2.43. The monoisotopic (exact) mass is 442 g/mol. The van der Waals surface area contributed by atoms with Crippen molar-refractivity contribution in [3.8, 4) is 0 Å². The van der Waals surface area contributed by atoms with Crippen molar-refractivity contribution < 1.29 is 4.39 Å². The zero-order valence-corrected chi connectivity index (χ0v) is 12.4. The van der Waals surface area contributed by atoms with Gasteiger partial charge in [0.1, 0.15) is 0 Å². The minimum absolute atomic E-state index is 0.0527. The lowest BCUT2D eigenvalue weighted by Crippen LogP contribution is -1.85. The Morgan fingerprint density at radius 2 is 1.25 bits per heavy atom. The smallest absolute Gasteiger partial charge is 0.158 e. The van der Waals surface area contributed by atoms with Crippen molar-refractivity contribution in [2.24, 2.45) is 0 Å². The van der Waals surface area contributed by atoms with Crippen LogP contribution in [0, 0.1) is 5.82 Å². The van der Waals surface area contributed by atoms with Gasteiger partial charge in [-0.05, 0) is 63.7 Å². The van der Waals surface area contributed by atoms with Gasteiger partial charge >= 0.3 is 0 Å². The van der Waals surface area contributed by atoms with Crippen molar-refractivity contribution in [1.29, 1.82) is 0 Å². The molecule has 0 unspecified atom stereocenters. The van der Waals surface area contributed by atoms with Crippen LogP contribution in [0.5, 0.6) is 0 Å². The minimum atomic E-state index is -0.487. The highest BCUT2D eigenvalue weighted by Gasteiger charge is 2.17. The van der Waals surface area contributed by atoms with Gasteiger partial charge < -0.3 is 0 Å². The molecule has 0 spiro atoms. The van der Waals surface area contributed by atoms with E-state index in [9.17, 15) is 4.39 Å². The molecule has 1 rings (SSSR count). The van der Waals surface area contributed by atoms with E-state index in [4.69, 9.17) is 11.6 Å². The number of hydrogen-bond acceptors (Lipinski definition) is 0. The Bertz CT molecular complexity index is 234. The first kappa shape index (κ1) is 11.4. The summed E-state index contributed by atoms with van der Waals surface area (Å²) in [5, 5.41) is 0.0527. The van der Waals surface area contributed by atoms with Crippen molar-refractivity contribution in [2.75, 3.05) is 0 Å². The second-order valence-electron chi connectivity index (χ2n) is 1.88. The van der Waals surface area contributed by atoms with Gasteiger partial charge in [-0.1, -0.05) is 11.6 Å². The van der Waals surface area contributed by atoms with E-state index in [1.165, 1.54) is 0 Å². The maximum Gasteiger partial charge on any atom is 0.158 e. The molecule has 0 bridgehead atoms. The summed E-state index contributed by atoms with van der Waals surface area (Å²) >= 11 is 18.3. The van der Waals surface area contributed by atoms with Crippen LogP contribution in [0.4, 0.5) is 4.39 Å². The fourth-order valence-corrected chi connectivity index (χ4v) is 3.07. The van der Waals surface area contributed by atoms with Gasteiger partial charge in [-0.15, -0.1) is 0 Å². The Labute approximate surface area is 107 Å². The average molecular weight is 446 g/mol. The van der Waals surface area contributed by atoms with Crippen LogP contribution < -0.4 is 0 Å². The second-order valence-corrected chi connectivity index (χ2v) is 5.43. The number of rotatable bonds is 0. The predicted octanol–water partition coefficient (Wildman–Crippen LogP) is 5.53. The first-order chi connectivity index (χ1) is 5.46. The lowest BCUT2D eigenvalue weighted by atomic mass is 10.3. The summed E-state index contributed by atoms with van der Waals surface area (Å²) in [6, 6.07) is 0. The molecule has 1 aromatic rings. The van der Waals surface area contributed by atoms with E-state index < -0.39 is 5.82 Å². The molecule has 0 aliphatic rings. The van der Waals surface area contributed by atoms with E-state index in [2.05, 4.69) is 63.7 Å². The molecule has 0 nitrogen and oxygen atoms in total. The molecule has 1 aromatic carbocycles. The molecular formula is C6Br4ClF. The molecule has 0 amide bonds. The second kappa shape index (κ2) is 4.26. The van der Waals surface area contributed by atoms with Gasteiger partial charge in [-0.25, -0.2) is 4.39 Å². The quantitative estimate of drug-likeness (QED) is 0.364. The molecule has 12 heavy (non-hydrogen) atoms. The summed E-state index contributed by atoms with van der Waals surface area (Å²) in [4.78, 5) is 0. The van der Waals surface area contributed by atoms with Gasteiger partial charge in [0.15, 0.2) is 5.82 Å². The molecular weight excluding hydrogens is 446 g/mol. The average Bonchev–Trinajstić information content (AvgIpc) is 2.08. The minimum Gasteiger partial charge on any atom is -0.204 e. The largest absolute Gasteiger partial charge is 0.204 e. The van der Waals surface area contributed by atoms with Crippen LogP contribution in [0.25, 0.3) is 0 Å². The van der Waals surface area contributed by atoms with E-state index >= 15 is 0 Å². The number of hydrogen-bond donors (Lipinski definition) is 0. The number of benzene rings is 1. The van der Waals surface area contributed by atoms with Crippen LogP contribution in [-0.4, -0.2) is 0 Å². The molecule has 0 radical (unpaired) electrons. The number of halogens is 6. The van der Waals surface area contributed by atoms with Gasteiger partial charge in [-0.3, -0.25) is 0 Å². The summed E-state index contributed by atoms with van der Waals surface area (Å²) in [5.74, 6) is -0.487. The third-order valence-electron chi connectivity index (χ3n) is 1.16. The summed E-state index contributed by atoms with van der Waals surface area (Å²) in [6.45, 7) is 0. The molecule has 0 heterocycles. The highest BCUT2D eigenvalue weighted by molar-refractivity contribution is 9.15. The highest BCUT2D eigenvalue weighted by atomic mass is 79.9. The normalized spacial score (nSPS) is 10.5. The van der Waals surface area contributed by atoms with Crippen LogP contribution in [0.3, 0.4) is 0 Å². The lowest BCUT2D eigenvalue weighted by Gasteiger charge is -2.06. The summed E-state index contributed by atoms with van der Waals surface area (Å²) in [5.41, 5.74) is 0. The van der Waals surface area contributed by atoms with Crippen molar-refractivity contribution in [3.05, 3.63) is 28.7 Å². The Morgan fingerprint density at radius 1 is 0.833 bits per heavy atom. The summed E-state index contributed by atoms with van der Waals surface area (Å²) in [6.07, 6.45) is 0. The van der Waals surface area contributed by atoms with E-state index in [1.54, 1.807) is 0 Å². The molecule has 0 N–H and O–H groups in total. The van der Waals surface area contributed by atoms with Crippen LogP contribution >= 0.6 is 75.3 Å². The Balaban J connectivity index is 3.60. The Morgan fingerprint density at radius 3 is 1.75 bits per heavy atom. The lowest BCUT2D eigenvalue weighted by molar-refractivity contribution is 0.619. The summed E-state index contributed by atoms with van der Waals surface area (Å²) < 4.78 is 15.3. The van der Waals surface area contributed by atoms with Gasteiger partial charge in [-0.2, -0.15) is 0 Å². The third-order valence-corrected chi connectivity index (χ3v) is 6.46. The van der Waals surface area contributed by atoms with Crippen LogP contribution in [0.2, 0.25) is 5.02 Å². The maximum absolute atomic E-state index is 13.2. The van der Waals surface area contributed by atoms with Crippen molar-refractivity contribution >= 4 is 75.3 Å². The third kappa shape index (κ3) is 1.90.